The fourth-order valence-corrected chi connectivity index (χ4v) is 4.04. The van der Waals surface area contributed by atoms with Crippen molar-refractivity contribution in [3.05, 3.63) is 0 Å². The molecule has 1 saturated heterocycles. The molecule has 0 aromatic carbocycles. The third-order valence-electron chi connectivity index (χ3n) is 4.00. The number of rotatable bonds is 4. The van der Waals surface area contributed by atoms with Crippen LogP contribution in [0.1, 0.15) is 25.7 Å². The second-order valence-electron chi connectivity index (χ2n) is 5.44. The molecule has 10 heteroatoms. The van der Waals surface area contributed by atoms with Crippen molar-refractivity contribution in [1.29, 1.82) is 0 Å². The summed E-state index contributed by atoms with van der Waals surface area (Å²) in [5.41, 5.74) is 0. The van der Waals surface area contributed by atoms with Gasteiger partial charge in [-0.1, -0.05) is 6.42 Å². The third kappa shape index (κ3) is 3.90. The highest BCUT2D eigenvalue weighted by Gasteiger charge is 2.55. The van der Waals surface area contributed by atoms with Crippen LogP contribution in [0.15, 0.2) is 0 Å². The summed E-state index contributed by atoms with van der Waals surface area (Å²) in [4.78, 5) is 13.6. The molecule has 6 nitrogen and oxygen atoms in total. The van der Waals surface area contributed by atoms with Gasteiger partial charge < -0.3 is 4.74 Å². The summed E-state index contributed by atoms with van der Waals surface area (Å²) >= 11 is 1.80. The first-order chi connectivity index (χ1) is 10.2. The number of alkyl halides is 2. The van der Waals surface area contributed by atoms with E-state index in [4.69, 9.17) is 9.29 Å². The molecule has 2 aliphatic rings. The minimum atomic E-state index is -5.82. The zero-order valence-corrected chi connectivity index (χ0v) is 13.5. The van der Waals surface area contributed by atoms with E-state index in [2.05, 4.69) is 4.90 Å². The summed E-state index contributed by atoms with van der Waals surface area (Å²) in [6, 6.07) is -0.171. The van der Waals surface area contributed by atoms with Gasteiger partial charge >= 0.3 is 21.3 Å². The number of nitrogens with zero attached hydrogens (tertiary/aromatic N) is 1. The molecular formula is C12H19F2NO5S2. The number of halogens is 2. The first kappa shape index (κ1) is 17.9. The second kappa shape index (κ2) is 6.98. The van der Waals surface area contributed by atoms with Gasteiger partial charge in [0.2, 0.25) is 0 Å². The molecule has 2 rings (SSSR count). The largest absolute Gasteiger partial charge is 0.465 e. The Kier molecular flexibility index (Phi) is 5.68. The van der Waals surface area contributed by atoms with Crippen LogP contribution in [0, 0.1) is 0 Å². The van der Waals surface area contributed by atoms with Crippen LogP contribution in [0.25, 0.3) is 0 Å². The molecule has 2 unspecified atom stereocenters. The zero-order valence-electron chi connectivity index (χ0n) is 11.9. The monoisotopic (exact) mass is 359 g/mol. The van der Waals surface area contributed by atoms with Gasteiger partial charge in [0.1, 0.15) is 6.10 Å². The SMILES string of the molecule is O=C(OC1CCCCC1N1CCSCC1)C(F)(F)S(=O)(=O)O. The Balaban J connectivity index is 2.06. The molecule has 1 aliphatic heterocycles. The van der Waals surface area contributed by atoms with Crippen molar-refractivity contribution in [1.82, 2.24) is 4.90 Å². The Bertz CT molecular complexity index is 508. The first-order valence-electron chi connectivity index (χ1n) is 7.11. The summed E-state index contributed by atoms with van der Waals surface area (Å²) in [5.74, 6) is -0.338. The highest BCUT2D eigenvalue weighted by atomic mass is 32.2. The minimum absolute atomic E-state index is 0.171. The highest BCUT2D eigenvalue weighted by molar-refractivity contribution is 7.99. The maximum atomic E-state index is 13.3. The topological polar surface area (TPSA) is 83.9 Å². The van der Waals surface area contributed by atoms with Gasteiger partial charge in [-0.3, -0.25) is 9.45 Å². The molecule has 1 heterocycles. The van der Waals surface area contributed by atoms with E-state index in [9.17, 15) is 22.0 Å². The molecule has 0 aromatic heterocycles. The van der Waals surface area contributed by atoms with E-state index in [0.717, 1.165) is 43.9 Å². The molecule has 0 spiro atoms. The predicted octanol–water partition coefficient (Wildman–Crippen LogP) is 1.37. The van der Waals surface area contributed by atoms with Crippen LogP contribution >= 0.6 is 11.8 Å². The fourth-order valence-electron chi connectivity index (χ4n) is 2.85. The van der Waals surface area contributed by atoms with Crippen LogP contribution < -0.4 is 0 Å². The maximum absolute atomic E-state index is 13.3. The molecule has 1 aliphatic carbocycles. The van der Waals surface area contributed by atoms with Gasteiger partial charge in [-0.2, -0.15) is 29.0 Å². The number of carbonyl (C=O) groups excluding carboxylic acids is 1. The number of thioether (sulfide) groups is 1. The normalized spacial score (nSPS) is 28.3. The van der Waals surface area contributed by atoms with Crippen molar-refractivity contribution >= 4 is 27.8 Å². The molecule has 0 aromatic rings. The van der Waals surface area contributed by atoms with E-state index in [1.807, 2.05) is 0 Å². The van der Waals surface area contributed by atoms with Gasteiger partial charge in [0.05, 0.1) is 0 Å². The Labute approximate surface area is 132 Å². The molecule has 1 N–H and O–H groups in total. The van der Waals surface area contributed by atoms with Crippen LogP contribution in [-0.2, 0) is 19.6 Å². The Morgan fingerprint density at radius 2 is 1.82 bits per heavy atom. The third-order valence-corrected chi connectivity index (χ3v) is 5.76. The van der Waals surface area contributed by atoms with Crippen LogP contribution in [0.4, 0.5) is 8.78 Å². The van der Waals surface area contributed by atoms with Gasteiger partial charge in [0.15, 0.2) is 0 Å². The van der Waals surface area contributed by atoms with Crippen molar-refractivity contribution in [3.8, 4) is 0 Å². The van der Waals surface area contributed by atoms with Crippen LogP contribution in [0.3, 0.4) is 0 Å². The standard InChI is InChI=1S/C12H19F2NO5S2/c13-12(14,22(17,18)19)11(16)20-10-4-2-1-3-9(10)15-5-7-21-8-6-15/h9-10H,1-8H2,(H,17,18,19). The zero-order chi connectivity index (χ0) is 16.4. The lowest BCUT2D eigenvalue weighted by molar-refractivity contribution is -0.172. The van der Waals surface area contributed by atoms with E-state index in [-0.39, 0.29) is 6.04 Å². The summed E-state index contributed by atoms with van der Waals surface area (Å²) in [6.45, 7) is 1.58. The summed E-state index contributed by atoms with van der Waals surface area (Å²) < 4.78 is 61.1. The Morgan fingerprint density at radius 3 is 2.41 bits per heavy atom. The summed E-state index contributed by atoms with van der Waals surface area (Å²) in [5, 5.41) is -4.92. The average Bonchev–Trinajstić information content (AvgIpc) is 2.47. The van der Waals surface area contributed by atoms with Crippen LogP contribution in [0.5, 0.6) is 0 Å². The van der Waals surface area contributed by atoms with Gasteiger partial charge in [0, 0.05) is 30.6 Å². The Hall–Kier alpha value is -0.450. The van der Waals surface area contributed by atoms with E-state index in [1.54, 1.807) is 11.8 Å². The highest BCUT2D eigenvalue weighted by Crippen LogP contribution is 2.30. The summed E-state index contributed by atoms with van der Waals surface area (Å²) in [7, 11) is -5.82. The lowest BCUT2D eigenvalue weighted by atomic mass is 9.91. The smallest absolute Gasteiger partial charge is 0.455 e. The van der Waals surface area contributed by atoms with Crippen molar-refractivity contribution < 1.29 is 31.3 Å². The molecule has 0 bridgehead atoms. The van der Waals surface area contributed by atoms with E-state index >= 15 is 0 Å². The van der Waals surface area contributed by atoms with E-state index in [0.29, 0.717) is 6.42 Å². The first-order valence-corrected chi connectivity index (χ1v) is 9.70. The minimum Gasteiger partial charge on any atom is -0.455 e. The lowest BCUT2D eigenvalue weighted by Gasteiger charge is -2.41. The van der Waals surface area contributed by atoms with Gasteiger partial charge in [-0.15, -0.1) is 0 Å². The van der Waals surface area contributed by atoms with Gasteiger partial charge in [-0.25, -0.2) is 4.79 Å². The molecule has 22 heavy (non-hydrogen) atoms. The van der Waals surface area contributed by atoms with Gasteiger partial charge in [-0.05, 0) is 19.3 Å². The molecule has 2 fully saturated rings. The molecule has 2 atom stereocenters. The molecule has 1 saturated carbocycles. The number of esters is 1. The lowest BCUT2D eigenvalue weighted by Crippen LogP contribution is -2.52. The van der Waals surface area contributed by atoms with Crippen molar-refractivity contribution in [2.24, 2.45) is 0 Å². The van der Waals surface area contributed by atoms with Gasteiger partial charge in [0.25, 0.3) is 0 Å². The number of hydrogen-bond donors (Lipinski definition) is 1. The predicted molar refractivity (Wildman–Crippen MR) is 77.5 cm³/mol. The number of hydrogen-bond acceptors (Lipinski definition) is 6. The van der Waals surface area contributed by atoms with E-state index < -0.39 is 27.4 Å². The molecule has 0 radical (unpaired) electrons. The quantitative estimate of drug-likeness (QED) is 0.599. The van der Waals surface area contributed by atoms with Crippen LogP contribution in [0.2, 0.25) is 0 Å². The van der Waals surface area contributed by atoms with Crippen molar-refractivity contribution in [2.75, 3.05) is 24.6 Å². The maximum Gasteiger partial charge on any atom is 0.465 e. The fraction of sp³-hybridized carbons (Fsp3) is 0.917. The molecule has 128 valence electrons. The van der Waals surface area contributed by atoms with Crippen LogP contribution in [-0.4, -0.2) is 65.8 Å². The van der Waals surface area contributed by atoms with Crippen molar-refractivity contribution in [3.63, 3.8) is 0 Å². The molecule has 0 amide bonds. The molecular weight excluding hydrogens is 340 g/mol. The van der Waals surface area contributed by atoms with E-state index in [1.165, 1.54) is 0 Å². The number of ether oxygens (including phenoxy) is 1. The average molecular weight is 359 g/mol. The van der Waals surface area contributed by atoms with Crippen molar-refractivity contribution in [2.45, 2.75) is 43.1 Å². The second-order valence-corrected chi connectivity index (χ2v) is 8.12. The summed E-state index contributed by atoms with van der Waals surface area (Å²) in [6.07, 6.45) is 2.02. The number of carbonyl (C=O) groups is 1. The Morgan fingerprint density at radius 1 is 1.23 bits per heavy atom.